The van der Waals surface area contributed by atoms with Gasteiger partial charge in [-0.25, -0.2) is 4.98 Å². The first-order chi connectivity index (χ1) is 10.2. The molecule has 0 fully saturated rings. The van der Waals surface area contributed by atoms with Crippen LogP contribution in [0.1, 0.15) is 24.8 Å². The Labute approximate surface area is 137 Å². The standard InChI is InChI=1S/C16H18N2S3/c1-10(2)15(13-5-4-8-20-13)17-11-6-7-12-14(9-11)21-16(18-12)19-3/h4-10,15,17H,1-3H3. The molecule has 2 nitrogen and oxygen atoms in total. The zero-order valence-electron chi connectivity index (χ0n) is 12.3. The molecule has 1 N–H and O–H groups in total. The second-order valence-corrected chi connectivity index (χ2v) is 8.31. The summed E-state index contributed by atoms with van der Waals surface area (Å²) < 4.78 is 2.37. The summed E-state index contributed by atoms with van der Waals surface area (Å²) in [6.45, 7) is 4.52. The highest BCUT2D eigenvalue weighted by atomic mass is 32.2. The molecule has 1 aromatic carbocycles. The summed E-state index contributed by atoms with van der Waals surface area (Å²) in [5, 5.41) is 5.83. The molecule has 0 saturated carbocycles. The van der Waals surface area contributed by atoms with E-state index in [1.54, 1.807) is 23.1 Å². The van der Waals surface area contributed by atoms with Gasteiger partial charge in [0.05, 0.1) is 16.3 Å². The van der Waals surface area contributed by atoms with E-state index in [4.69, 9.17) is 0 Å². The Morgan fingerprint density at radius 3 is 2.76 bits per heavy atom. The fourth-order valence-corrected chi connectivity index (χ4v) is 4.77. The van der Waals surface area contributed by atoms with Crippen LogP contribution in [0, 0.1) is 5.92 Å². The van der Waals surface area contributed by atoms with Gasteiger partial charge >= 0.3 is 0 Å². The summed E-state index contributed by atoms with van der Waals surface area (Å²) in [6, 6.07) is 11.1. The van der Waals surface area contributed by atoms with Crippen molar-refractivity contribution < 1.29 is 0 Å². The smallest absolute Gasteiger partial charge is 0.150 e. The Hall–Kier alpha value is -1.04. The number of hydrogen-bond donors (Lipinski definition) is 1. The van der Waals surface area contributed by atoms with E-state index >= 15 is 0 Å². The van der Waals surface area contributed by atoms with Gasteiger partial charge in [0.25, 0.3) is 0 Å². The number of thioether (sulfide) groups is 1. The largest absolute Gasteiger partial charge is 0.377 e. The Kier molecular flexibility index (Phi) is 4.52. The van der Waals surface area contributed by atoms with Crippen molar-refractivity contribution in [1.29, 1.82) is 0 Å². The summed E-state index contributed by atoms with van der Waals surface area (Å²) >= 11 is 5.28. The first-order valence-corrected chi connectivity index (χ1v) is 9.84. The molecule has 0 radical (unpaired) electrons. The summed E-state index contributed by atoms with van der Waals surface area (Å²) in [4.78, 5) is 5.98. The van der Waals surface area contributed by atoms with Crippen molar-refractivity contribution in [3.8, 4) is 0 Å². The molecule has 0 aliphatic carbocycles. The molecule has 0 aliphatic rings. The zero-order chi connectivity index (χ0) is 14.8. The third kappa shape index (κ3) is 3.25. The van der Waals surface area contributed by atoms with E-state index < -0.39 is 0 Å². The maximum atomic E-state index is 4.59. The van der Waals surface area contributed by atoms with Crippen LogP contribution in [0.15, 0.2) is 40.1 Å². The molecular weight excluding hydrogens is 316 g/mol. The molecule has 110 valence electrons. The first-order valence-electron chi connectivity index (χ1n) is 6.92. The number of nitrogens with zero attached hydrogens (tertiary/aromatic N) is 1. The van der Waals surface area contributed by atoms with Gasteiger partial charge in [-0.1, -0.05) is 31.7 Å². The van der Waals surface area contributed by atoms with Gasteiger partial charge in [0.1, 0.15) is 0 Å². The molecule has 0 aliphatic heterocycles. The molecule has 2 aromatic heterocycles. The summed E-state index contributed by atoms with van der Waals surface area (Å²) in [6.07, 6.45) is 2.07. The highest BCUT2D eigenvalue weighted by molar-refractivity contribution is 8.00. The number of aromatic nitrogens is 1. The first kappa shape index (κ1) is 14.9. The third-order valence-electron chi connectivity index (χ3n) is 3.38. The number of thiazole rings is 1. The number of hydrogen-bond acceptors (Lipinski definition) is 5. The van der Waals surface area contributed by atoms with E-state index in [1.807, 2.05) is 11.3 Å². The second-order valence-electron chi connectivity index (χ2n) is 5.25. The lowest BCUT2D eigenvalue weighted by Gasteiger charge is -2.22. The van der Waals surface area contributed by atoms with Crippen molar-refractivity contribution >= 4 is 50.3 Å². The minimum Gasteiger partial charge on any atom is -0.377 e. The fourth-order valence-electron chi connectivity index (χ4n) is 2.29. The normalized spacial score (nSPS) is 13.0. The van der Waals surface area contributed by atoms with Gasteiger partial charge in [0.15, 0.2) is 4.34 Å². The molecular formula is C16H18N2S3. The number of benzene rings is 1. The van der Waals surface area contributed by atoms with E-state index in [-0.39, 0.29) is 0 Å². The van der Waals surface area contributed by atoms with Crippen LogP contribution in [-0.2, 0) is 0 Å². The molecule has 3 rings (SSSR count). The average molecular weight is 335 g/mol. The molecule has 21 heavy (non-hydrogen) atoms. The van der Waals surface area contributed by atoms with Crippen molar-refractivity contribution in [3.05, 3.63) is 40.6 Å². The number of nitrogens with one attached hydrogen (secondary N) is 1. The molecule has 0 amide bonds. The van der Waals surface area contributed by atoms with Crippen molar-refractivity contribution in [2.24, 2.45) is 5.92 Å². The average Bonchev–Trinajstić information content (AvgIpc) is 3.12. The van der Waals surface area contributed by atoms with Gasteiger partial charge in [0.2, 0.25) is 0 Å². The summed E-state index contributed by atoms with van der Waals surface area (Å²) in [5.74, 6) is 0.544. The molecule has 2 heterocycles. The van der Waals surface area contributed by atoms with Gasteiger partial charge in [-0.15, -0.1) is 22.7 Å². The van der Waals surface area contributed by atoms with Crippen LogP contribution in [0.5, 0.6) is 0 Å². The topological polar surface area (TPSA) is 24.9 Å². The van der Waals surface area contributed by atoms with Crippen molar-refractivity contribution in [1.82, 2.24) is 4.98 Å². The monoisotopic (exact) mass is 334 g/mol. The maximum absolute atomic E-state index is 4.59. The molecule has 3 aromatic rings. The number of anilines is 1. The number of rotatable bonds is 5. The van der Waals surface area contributed by atoms with E-state index in [2.05, 4.69) is 66.1 Å². The van der Waals surface area contributed by atoms with Crippen LogP contribution >= 0.6 is 34.4 Å². The predicted octanol–water partition coefficient (Wildman–Crippen LogP) is 5.89. The second kappa shape index (κ2) is 6.38. The lowest BCUT2D eigenvalue weighted by atomic mass is 10.0. The lowest BCUT2D eigenvalue weighted by Crippen LogP contribution is -2.15. The molecule has 1 atom stereocenters. The molecule has 5 heteroatoms. The Balaban J connectivity index is 1.89. The van der Waals surface area contributed by atoms with Crippen LogP contribution in [-0.4, -0.2) is 11.2 Å². The van der Waals surface area contributed by atoms with E-state index in [1.165, 1.54) is 15.3 Å². The zero-order valence-corrected chi connectivity index (χ0v) is 14.7. The van der Waals surface area contributed by atoms with Crippen molar-refractivity contribution in [2.75, 3.05) is 11.6 Å². The molecule has 0 bridgehead atoms. The number of thiophene rings is 1. The SMILES string of the molecule is CSc1nc2ccc(NC(c3cccs3)C(C)C)cc2s1. The van der Waals surface area contributed by atoms with Crippen LogP contribution in [0.25, 0.3) is 10.2 Å². The van der Waals surface area contributed by atoms with Gasteiger partial charge in [-0.3, -0.25) is 0 Å². The Morgan fingerprint density at radius 2 is 2.10 bits per heavy atom. The van der Waals surface area contributed by atoms with E-state index in [0.29, 0.717) is 12.0 Å². The van der Waals surface area contributed by atoms with Crippen LogP contribution in [0.4, 0.5) is 5.69 Å². The lowest BCUT2D eigenvalue weighted by molar-refractivity contribution is 0.554. The fraction of sp³-hybridized carbons (Fsp3) is 0.312. The van der Waals surface area contributed by atoms with Gasteiger partial charge in [-0.05, 0) is 41.8 Å². The van der Waals surface area contributed by atoms with Gasteiger partial charge in [0, 0.05) is 10.6 Å². The molecule has 0 saturated heterocycles. The van der Waals surface area contributed by atoms with Gasteiger partial charge in [-0.2, -0.15) is 0 Å². The Bertz CT molecular complexity index is 716. The third-order valence-corrected chi connectivity index (χ3v) is 6.34. The quantitative estimate of drug-likeness (QED) is 0.589. The highest BCUT2D eigenvalue weighted by Crippen LogP contribution is 2.33. The summed E-state index contributed by atoms with van der Waals surface area (Å²) in [5.41, 5.74) is 2.26. The van der Waals surface area contributed by atoms with Crippen LogP contribution < -0.4 is 5.32 Å². The molecule has 1 unspecified atom stereocenters. The van der Waals surface area contributed by atoms with Crippen molar-refractivity contribution in [2.45, 2.75) is 24.2 Å². The van der Waals surface area contributed by atoms with Crippen molar-refractivity contribution in [3.63, 3.8) is 0 Å². The predicted molar refractivity (Wildman–Crippen MR) is 96.9 cm³/mol. The van der Waals surface area contributed by atoms with E-state index in [9.17, 15) is 0 Å². The maximum Gasteiger partial charge on any atom is 0.150 e. The number of fused-ring (bicyclic) bond motifs is 1. The molecule has 0 spiro atoms. The van der Waals surface area contributed by atoms with Crippen LogP contribution in [0.2, 0.25) is 0 Å². The van der Waals surface area contributed by atoms with E-state index in [0.717, 1.165) is 9.86 Å². The summed E-state index contributed by atoms with van der Waals surface area (Å²) in [7, 11) is 0. The van der Waals surface area contributed by atoms with Gasteiger partial charge < -0.3 is 5.32 Å². The van der Waals surface area contributed by atoms with Crippen LogP contribution in [0.3, 0.4) is 0 Å². The Morgan fingerprint density at radius 1 is 1.24 bits per heavy atom. The highest BCUT2D eigenvalue weighted by Gasteiger charge is 2.17. The minimum absolute atomic E-state index is 0.357. The minimum atomic E-state index is 0.357.